The van der Waals surface area contributed by atoms with E-state index >= 15 is 0 Å². The second-order valence-electron chi connectivity index (χ2n) is 4.37. The summed E-state index contributed by atoms with van der Waals surface area (Å²) in [5.41, 5.74) is 0. The van der Waals surface area contributed by atoms with E-state index in [0.717, 1.165) is 6.54 Å². The smallest absolute Gasteiger partial charge is 0.237 e. The summed E-state index contributed by atoms with van der Waals surface area (Å²) in [6.45, 7) is 10.2. The predicted molar refractivity (Wildman–Crippen MR) is 64.8 cm³/mol. The molecule has 0 aliphatic rings. The molecular formula is C12H23N3O. The number of carbonyl (C=O) groups excluding carboxylic acids is 1. The largest absolute Gasteiger partial charge is 0.355 e. The minimum Gasteiger partial charge on any atom is -0.355 e. The topological polar surface area (TPSA) is 56.1 Å². The summed E-state index contributed by atoms with van der Waals surface area (Å²) >= 11 is 0. The van der Waals surface area contributed by atoms with E-state index in [1.54, 1.807) is 0 Å². The number of nitrogens with zero attached hydrogens (tertiary/aromatic N) is 2. The van der Waals surface area contributed by atoms with Gasteiger partial charge in [-0.1, -0.05) is 13.8 Å². The molecule has 1 atom stereocenters. The predicted octanol–water partition coefficient (Wildman–Crippen LogP) is 1.38. The van der Waals surface area contributed by atoms with Gasteiger partial charge in [0.2, 0.25) is 5.91 Å². The first-order valence-corrected chi connectivity index (χ1v) is 5.91. The number of carbonyl (C=O) groups is 1. The Balaban J connectivity index is 4.36. The van der Waals surface area contributed by atoms with Crippen LogP contribution in [0, 0.1) is 17.2 Å². The zero-order valence-corrected chi connectivity index (χ0v) is 10.8. The molecule has 0 bridgehead atoms. The lowest BCUT2D eigenvalue weighted by atomic mass is 10.1. The molecule has 0 aliphatic heterocycles. The molecule has 0 radical (unpaired) electrons. The van der Waals surface area contributed by atoms with Gasteiger partial charge < -0.3 is 5.32 Å². The van der Waals surface area contributed by atoms with Gasteiger partial charge in [0.1, 0.15) is 0 Å². The maximum atomic E-state index is 11.7. The van der Waals surface area contributed by atoms with E-state index in [-0.39, 0.29) is 11.9 Å². The van der Waals surface area contributed by atoms with Gasteiger partial charge in [-0.2, -0.15) is 5.26 Å². The first-order chi connectivity index (χ1) is 7.52. The molecule has 0 saturated heterocycles. The van der Waals surface area contributed by atoms with Crippen LogP contribution in [-0.4, -0.2) is 36.5 Å². The van der Waals surface area contributed by atoms with Crippen molar-refractivity contribution >= 4 is 5.91 Å². The maximum Gasteiger partial charge on any atom is 0.237 e. The van der Waals surface area contributed by atoms with E-state index in [1.165, 1.54) is 0 Å². The highest BCUT2D eigenvalue weighted by atomic mass is 16.2. The summed E-state index contributed by atoms with van der Waals surface area (Å²) in [6, 6.07) is 1.97. The molecular weight excluding hydrogens is 202 g/mol. The third kappa shape index (κ3) is 5.72. The number of amides is 1. The Morgan fingerprint density at radius 1 is 1.44 bits per heavy atom. The van der Waals surface area contributed by atoms with Crippen LogP contribution in [0.15, 0.2) is 0 Å². The lowest BCUT2D eigenvalue weighted by molar-refractivity contribution is -0.125. The summed E-state index contributed by atoms with van der Waals surface area (Å²) < 4.78 is 0. The molecule has 0 fully saturated rings. The number of hydrogen-bond acceptors (Lipinski definition) is 3. The van der Waals surface area contributed by atoms with Gasteiger partial charge in [0.15, 0.2) is 0 Å². The van der Waals surface area contributed by atoms with Crippen LogP contribution in [0.25, 0.3) is 0 Å². The van der Waals surface area contributed by atoms with Crippen molar-refractivity contribution in [2.45, 2.75) is 40.2 Å². The monoisotopic (exact) mass is 225 g/mol. The van der Waals surface area contributed by atoms with Gasteiger partial charge in [0.05, 0.1) is 12.1 Å². The molecule has 1 unspecified atom stereocenters. The minimum atomic E-state index is -0.157. The molecule has 0 aromatic carbocycles. The zero-order valence-electron chi connectivity index (χ0n) is 10.8. The number of nitrogens with one attached hydrogen (secondary N) is 1. The molecule has 0 heterocycles. The summed E-state index contributed by atoms with van der Waals surface area (Å²) in [7, 11) is 0. The standard InChI is InChI=1S/C12H23N3O/c1-5-14-12(16)11(4)15(8-6-7-13)9-10(2)3/h10-11H,5-6,8-9H2,1-4H3,(H,14,16). The maximum absolute atomic E-state index is 11.7. The minimum absolute atomic E-state index is 0.0427. The van der Waals surface area contributed by atoms with Crippen molar-refractivity contribution in [3.05, 3.63) is 0 Å². The molecule has 0 rings (SSSR count). The fourth-order valence-corrected chi connectivity index (χ4v) is 1.59. The molecule has 0 aliphatic carbocycles. The normalized spacial score (nSPS) is 12.6. The third-order valence-corrected chi connectivity index (χ3v) is 2.39. The Kier molecular flexibility index (Phi) is 7.57. The summed E-state index contributed by atoms with van der Waals surface area (Å²) in [4.78, 5) is 13.8. The lowest BCUT2D eigenvalue weighted by Crippen LogP contribution is -2.46. The highest BCUT2D eigenvalue weighted by Gasteiger charge is 2.20. The molecule has 0 spiro atoms. The van der Waals surface area contributed by atoms with Crippen LogP contribution in [0.2, 0.25) is 0 Å². The number of rotatable bonds is 7. The Morgan fingerprint density at radius 3 is 2.50 bits per heavy atom. The first-order valence-electron chi connectivity index (χ1n) is 5.91. The Labute approximate surface area is 98.6 Å². The number of likely N-dealkylation sites (N-methyl/N-ethyl adjacent to an activating group) is 1. The average Bonchev–Trinajstić information content (AvgIpc) is 2.23. The van der Waals surface area contributed by atoms with E-state index in [4.69, 9.17) is 5.26 Å². The van der Waals surface area contributed by atoms with Crippen molar-refractivity contribution in [2.24, 2.45) is 5.92 Å². The SMILES string of the molecule is CCNC(=O)C(C)N(CCC#N)CC(C)C. The molecule has 16 heavy (non-hydrogen) atoms. The van der Waals surface area contributed by atoms with Crippen molar-refractivity contribution in [3.63, 3.8) is 0 Å². The molecule has 4 heteroatoms. The first kappa shape index (κ1) is 14.9. The van der Waals surface area contributed by atoms with Crippen molar-refractivity contribution in [2.75, 3.05) is 19.6 Å². The van der Waals surface area contributed by atoms with Crippen LogP contribution in [-0.2, 0) is 4.79 Å². The number of nitriles is 1. The number of hydrogen-bond donors (Lipinski definition) is 1. The van der Waals surface area contributed by atoms with Crippen LogP contribution >= 0.6 is 0 Å². The van der Waals surface area contributed by atoms with Gasteiger partial charge in [0, 0.05) is 26.1 Å². The van der Waals surface area contributed by atoms with Crippen LogP contribution in [0.5, 0.6) is 0 Å². The zero-order chi connectivity index (χ0) is 12.6. The summed E-state index contributed by atoms with van der Waals surface area (Å²) in [5.74, 6) is 0.539. The van der Waals surface area contributed by atoms with Gasteiger partial charge in [-0.15, -0.1) is 0 Å². The molecule has 0 saturated carbocycles. The van der Waals surface area contributed by atoms with Gasteiger partial charge in [-0.25, -0.2) is 0 Å². The van der Waals surface area contributed by atoms with E-state index in [2.05, 4.69) is 30.1 Å². The third-order valence-electron chi connectivity index (χ3n) is 2.39. The van der Waals surface area contributed by atoms with Crippen molar-refractivity contribution in [3.8, 4) is 6.07 Å². The summed E-state index contributed by atoms with van der Waals surface area (Å²) in [6.07, 6.45) is 0.469. The van der Waals surface area contributed by atoms with Gasteiger partial charge in [-0.05, 0) is 19.8 Å². The van der Waals surface area contributed by atoms with E-state index < -0.39 is 0 Å². The molecule has 1 amide bonds. The highest BCUT2D eigenvalue weighted by molar-refractivity contribution is 5.81. The highest BCUT2D eigenvalue weighted by Crippen LogP contribution is 2.05. The fourth-order valence-electron chi connectivity index (χ4n) is 1.59. The molecule has 0 aromatic rings. The van der Waals surface area contributed by atoms with E-state index in [9.17, 15) is 4.79 Å². The van der Waals surface area contributed by atoms with Crippen molar-refractivity contribution < 1.29 is 4.79 Å². The Morgan fingerprint density at radius 2 is 2.06 bits per heavy atom. The van der Waals surface area contributed by atoms with Crippen LogP contribution in [0.4, 0.5) is 0 Å². The molecule has 4 nitrogen and oxygen atoms in total. The van der Waals surface area contributed by atoms with Crippen molar-refractivity contribution in [1.82, 2.24) is 10.2 Å². The molecule has 92 valence electrons. The van der Waals surface area contributed by atoms with E-state index in [1.807, 2.05) is 13.8 Å². The van der Waals surface area contributed by atoms with Crippen LogP contribution in [0.3, 0.4) is 0 Å². The van der Waals surface area contributed by atoms with Crippen molar-refractivity contribution in [1.29, 1.82) is 5.26 Å². The average molecular weight is 225 g/mol. The second-order valence-corrected chi connectivity index (χ2v) is 4.37. The fraction of sp³-hybridized carbons (Fsp3) is 0.833. The Hall–Kier alpha value is -1.08. The van der Waals surface area contributed by atoms with Crippen LogP contribution < -0.4 is 5.32 Å². The summed E-state index contributed by atoms with van der Waals surface area (Å²) in [5, 5.41) is 11.4. The van der Waals surface area contributed by atoms with Crippen LogP contribution in [0.1, 0.15) is 34.1 Å². The second kappa shape index (κ2) is 8.12. The van der Waals surface area contributed by atoms with Gasteiger partial charge in [-0.3, -0.25) is 9.69 Å². The van der Waals surface area contributed by atoms with Gasteiger partial charge in [0.25, 0.3) is 0 Å². The van der Waals surface area contributed by atoms with E-state index in [0.29, 0.717) is 25.4 Å². The van der Waals surface area contributed by atoms with Gasteiger partial charge >= 0.3 is 0 Å². The lowest BCUT2D eigenvalue weighted by Gasteiger charge is -2.28. The quantitative estimate of drug-likeness (QED) is 0.712. The Bertz CT molecular complexity index is 245. The molecule has 0 aromatic heterocycles. The molecule has 1 N–H and O–H groups in total.